The molecular formula is C17H27NO. The first-order valence-electron chi connectivity index (χ1n) is 7.51. The van der Waals surface area contributed by atoms with E-state index in [1.165, 1.54) is 43.2 Å². The summed E-state index contributed by atoms with van der Waals surface area (Å²) < 4.78 is 5.48. The van der Waals surface area contributed by atoms with E-state index in [1.54, 1.807) is 7.11 Å². The van der Waals surface area contributed by atoms with Crippen LogP contribution in [-0.4, -0.2) is 13.7 Å². The van der Waals surface area contributed by atoms with Crippen molar-refractivity contribution in [3.8, 4) is 5.75 Å². The molecule has 0 saturated heterocycles. The quantitative estimate of drug-likeness (QED) is 0.889. The van der Waals surface area contributed by atoms with Crippen LogP contribution in [0.3, 0.4) is 0 Å². The van der Waals surface area contributed by atoms with Crippen molar-refractivity contribution in [1.29, 1.82) is 0 Å². The van der Waals surface area contributed by atoms with Crippen LogP contribution in [0, 0.1) is 0 Å². The molecule has 0 bridgehead atoms. The summed E-state index contributed by atoms with van der Waals surface area (Å²) in [5.41, 5.74) is 9.06. The van der Waals surface area contributed by atoms with Gasteiger partial charge in [-0.3, -0.25) is 0 Å². The van der Waals surface area contributed by atoms with Crippen LogP contribution in [0.15, 0.2) is 18.2 Å². The van der Waals surface area contributed by atoms with Crippen molar-refractivity contribution in [1.82, 2.24) is 0 Å². The summed E-state index contributed by atoms with van der Waals surface area (Å²) >= 11 is 0. The number of rotatable bonds is 4. The van der Waals surface area contributed by atoms with Crippen molar-refractivity contribution < 1.29 is 4.74 Å². The summed E-state index contributed by atoms with van der Waals surface area (Å²) in [5, 5.41) is 0. The van der Waals surface area contributed by atoms with Gasteiger partial charge in [-0.05, 0) is 36.0 Å². The Kier molecular flexibility index (Phi) is 4.51. The van der Waals surface area contributed by atoms with Crippen molar-refractivity contribution >= 4 is 0 Å². The Morgan fingerprint density at radius 3 is 2.42 bits per heavy atom. The lowest BCUT2D eigenvalue weighted by molar-refractivity contribution is 0.300. The van der Waals surface area contributed by atoms with Gasteiger partial charge in [0.1, 0.15) is 5.75 Å². The largest absolute Gasteiger partial charge is 0.496 e. The zero-order chi connectivity index (χ0) is 13.9. The van der Waals surface area contributed by atoms with Gasteiger partial charge in [0.2, 0.25) is 0 Å². The van der Waals surface area contributed by atoms with Crippen LogP contribution in [0.1, 0.15) is 63.0 Å². The standard InChI is InChI=1S/C17H27NO/c1-13(2)15-11-14(7-8-16(15)19-3)17(12-18)9-5-4-6-10-17/h7-8,11,13H,4-6,9-10,12,18H2,1-3H3. The molecule has 0 atom stereocenters. The molecule has 106 valence electrons. The first-order valence-corrected chi connectivity index (χ1v) is 7.51. The van der Waals surface area contributed by atoms with Gasteiger partial charge in [0, 0.05) is 12.0 Å². The van der Waals surface area contributed by atoms with Crippen LogP contribution < -0.4 is 10.5 Å². The summed E-state index contributed by atoms with van der Waals surface area (Å²) in [4.78, 5) is 0. The second kappa shape index (κ2) is 5.96. The maximum absolute atomic E-state index is 6.14. The van der Waals surface area contributed by atoms with E-state index in [4.69, 9.17) is 10.5 Å². The number of nitrogens with two attached hydrogens (primary N) is 1. The van der Waals surface area contributed by atoms with E-state index >= 15 is 0 Å². The van der Waals surface area contributed by atoms with Gasteiger partial charge in [-0.25, -0.2) is 0 Å². The first kappa shape index (κ1) is 14.4. The number of hydrogen-bond donors (Lipinski definition) is 1. The predicted molar refractivity (Wildman–Crippen MR) is 80.9 cm³/mol. The molecule has 1 aromatic rings. The maximum Gasteiger partial charge on any atom is 0.122 e. The number of ether oxygens (including phenoxy) is 1. The van der Waals surface area contributed by atoms with E-state index in [1.807, 2.05) is 0 Å². The number of hydrogen-bond acceptors (Lipinski definition) is 2. The third-order valence-corrected chi connectivity index (χ3v) is 4.67. The molecule has 1 aliphatic rings. The Hall–Kier alpha value is -1.02. The van der Waals surface area contributed by atoms with Crippen molar-refractivity contribution in [3.63, 3.8) is 0 Å². The van der Waals surface area contributed by atoms with Crippen LogP contribution in [-0.2, 0) is 5.41 Å². The van der Waals surface area contributed by atoms with Crippen LogP contribution >= 0.6 is 0 Å². The van der Waals surface area contributed by atoms with Crippen molar-refractivity contribution in [2.45, 2.75) is 57.3 Å². The van der Waals surface area contributed by atoms with Crippen LogP contribution in [0.25, 0.3) is 0 Å². The molecule has 0 amide bonds. The van der Waals surface area contributed by atoms with E-state index in [9.17, 15) is 0 Å². The van der Waals surface area contributed by atoms with E-state index in [0.29, 0.717) is 5.92 Å². The average molecular weight is 261 g/mol. The van der Waals surface area contributed by atoms with Gasteiger partial charge in [-0.2, -0.15) is 0 Å². The molecule has 0 radical (unpaired) electrons. The van der Waals surface area contributed by atoms with Crippen molar-refractivity contribution in [2.75, 3.05) is 13.7 Å². The van der Waals surface area contributed by atoms with E-state index < -0.39 is 0 Å². The highest BCUT2D eigenvalue weighted by atomic mass is 16.5. The molecule has 2 N–H and O–H groups in total. The minimum atomic E-state index is 0.203. The van der Waals surface area contributed by atoms with Gasteiger partial charge in [0.15, 0.2) is 0 Å². The van der Waals surface area contributed by atoms with Gasteiger partial charge in [-0.15, -0.1) is 0 Å². The van der Waals surface area contributed by atoms with Crippen molar-refractivity contribution in [2.24, 2.45) is 5.73 Å². The molecule has 0 aliphatic heterocycles. The Bertz CT molecular complexity index is 419. The molecule has 1 aromatic carbocycles. The molecule has 0 unspecified atom stereocenters. The highest BCUT2D eigenvalue weighted by Gasteiger charge is 2.33. The van der Waals surface area contributed by atoms with Gasteiger partial charge in [0.25, 0.3) is 0 Å². The van der Waals surface area contributed by atoms with Gasteiger partial charge >= 0.3 is 0 Å². The van der Waals surface area contributed by atoms with Gasteiger partial charge in [0.05, 0.1) is 7.11 Å². The summed E-state index contributed by atoms with van der Waals surface area (Å²) in [5.74, 6) is 1.48. The summed E-state index contributed by atoms with van der Waals surface area (Å²) in [6.45, 7) is 5.20. The number of benzene rings is 1. The lowest BCUT2D eigenvalue weighted by Crippen LogP contribution is -2.37. The fourth-order valence-electron chi connectivity index (χ4n) is 3.35. The zero-order valence-electron chi connectivity index (χ0n) is 12.5. The Morgan fingerprint density at radius 1 is 1.21 bits per heavy atom. The van der Waals surface area contributed by atoms with Crippen LogP contribution in [0.4, 0.5) is 0 Å². The summed E-state index contributed by atoms with van der Waals surface area (Å²) in [6, 6.07) is 6.68. The van der Waals surface area contributed by atoms with Gasteiger partial charge < -0.3 is 10.5 Å². The molecule has 2 heteroatoms. The third-order valence-electron chi connectivity index (χ3n) is 4.67. The van der Waals surface area contributed by atoms with Gasteiger partial charge in [-0.1, -0.05) is 45.2 Å². The molecular weight excluding hydrogens is 234 g/mol. The maximum atomic E-state index is 6.14. The first-order chi connectivity index (χ1) is 9.13. The third kappa shape index (κ3) is 2.79. The molecule has 0 spiro atoms. The monoisotopic (exact) mass is 261 g/mol. The Labute approximate surface area is 117 Å². The fourth-order valence-corrected chi connectivity index (χ4v) is 3.35. The van der Waals surface area contributed by atoms with E-state index in [-0.39, 0.29) is 5.41 Å². The normalized spacial score (nSPS) is 18.6. The zero-order valence-corrected chi connectivity index (χ0v) is 12.5. The minimum Gasteiger partial charge on any atom is -0.496 e. The summed E-state index contributed by atoms with van der Waals surface area (Å²) in [7, 11) is 1.75. The SMILES string of the molecule is COc1ccc(C2(CN)CCCCC2)cc1C(C)C. The second-order valence-corrected chi connectivity index (χ2v) is 6.16. The topological polar surface area (TPSA) is 35.2 Å². The molecule has 0 aromatic heterocycles. The smallest absolute Gasteiger partial charge is 0.122 e. The van der Waals surface area contributed by atoms with E-state index in [0.717, 1.165) is 12.3 Å². The second-order valence-electron chi connectivity index (χ2n) is 6.16. The lowest BCUT2D eigenvalue weighted by atomic mass is 9.69. The molecule has 2 rings (SSSR count). The molecule has 19 heavy (non-hydrogen) atoms. The van der Waals surface area contributed by atoms with E-state index in [2.05, 4.69) is 32.0 Å². The molecule has 0 heterocycles. The Balaban J connectivity index is 2.40. The lowest BCUT2D eigenvalue weighted by Gasteiger charge is -2.37. The predicted octanol–water partition coefficient (Wildman–Crippen LogP) is 3.98. The molecule has 2 nitrogen and oxygen atoms in total. The van der Waals surface area contributed by atoms with Crippen LogP contribution in [0.5, 0.6) is 5.75 Å². The molecule has 1 fully saturated rings. The average Bonchev–Trinajstić information content (AvgIpc) is 2.47. The van der Waals surface area contributed by atoms with Crippen molar-refractivity contribution in [3.05, 3.63) is 29.3 Å². The molecule has 1 saturated carbocycles. The fraction of sp³-hybridized carbons (Fsp3) is 0.647. The number of methoxy groups -OCH3 is 1. The minimum absolute atomic E-state index is 0.203. The highest BCUT2D eigenvalue weighted by Crippen LogP contribution is 2.41. The Morgan fingerprint density at radius 2 is 1.89 bits per heavy atom. The summed E-state index contributed by atoms with van der Waals surface area (Å²) in [6.07, 6.45) is 6.43. The molecule has 1 aliphatic carbocycles. The highest BCUT2D eigenvalue weighted by molar-refractivity contribution is 5.42. The van der Waals surface area contributed by atoms with Crippen LogP contribution in [0.2, 0.25) is 0 Å².